The van der Waals surface area contributed by atoms with Gasteiger partial charge in [-0.3, -0.25) is 4.79 Å². The average molecular weight is 341 g/mol. The molecule has 1 aromatic carbocycles. The molecular formula is C17H25ClN2OS. The Hall–Kier alpha value is -0.710. The van der Waals surface area contributed by atoms with Gasteiger partial charge in [-0.2, -0.15) is 0 Å². The number of halogens is 1. The summed E-state index contributed by atoms with van der Waals surface area (Å²) in [5, 5.41) is 3.45. The molecule has 0 saturated carbocycles. The van der Waals surface area contributed by atoms with Crippen LogP contribution in [-0.2, 0) is 10.5 Å². The van der Waals surface area contributed by atoms with Crippen LogP contribution in [-0.4, -0.2) is 41.7 Å². The van der Waals surface area contributed by atoms with E-state index in [1.165, 1.54) is 24.0 Å². The van der Waals surface area contributed by atoms with Gasteiger partial charge in [0.25, 0.3) is 0 Å². The van der Waals surface area contributed by atoms with E-state index in [4.69, 9.17) is 0 Å². The number of hydrogen-bond donors (Lipinski definition) is 1. The highest BCUT2D eigenvalue weighted by molar-refractivity contribution is 7.99. The van der Waals surface area contributed by atoms with Gasteiger partial charge in [0.05, 0.1) is 5.75 Å². The van der Waals surface area contributed by atoms with Crippen LogP contribution in [0.4, 0.5) is 0 Å². The molecule has 0 aliphatic carbocycles. The predicted molar refractivity (Wildman–Crippen MR) is 95.7 cm³/mol. The molecule has 0 aromatic heterocycles. The van der Waals surface area contributed by atoms with Crippen molar-refractivity contribution >= 4 is 30.1 Å². The van der Waals surface area contributed by atoms with Crippen molar-refractivity contribution in [1.82, 2.24) is 10.2 Å². The minimum Gasteiger partial charge on any atom is -0.335 e. The number of fused-ring (bicyclic) bond motifs is 2. The molecule has 0 spiro atoms. The Labute approximate surface area is 143 Å². The van der Waals surface area contributed by atoms with E-state index in [1.54, 1.807) is 11.8 Å². The van der Waals surface area contributed by atoms with Gasteiger partial charge in [-0.15, -0.1) is 24.2 Å². The molecule has 2 saturated heterocycles. The first kappa shape index (κ1) is 17.6. The Morgan fingerprint density at radius 3 is 2.95 bits per heavy atom. The molecule has 0 radical (unpaired) electrons. The molecule has 2 bridgehead atoms. The number of rotatable bonds is 4. The first-order valence-electron chi connectivity index (χ1n) is 7.89. The minimum absolute atomic E-state index is 0. The summed E-state index contributed by atoms with van der Waals surface area (Å²) in [7, 11) is 0. The van der Waals surface area contributed by atoms with Crippen LogP contribution in [0.1, 0.15) is 30.4 Å². The monoisotopic (exact) mass is 340 g/mol. The lowest BCUT2D eigenvalue weighted by Gasteiger charge is -2.27. The van der Waals surface area contributed by atoms with Crippen molar-refractivity contribution in [2.24, 2.45) is 0 Å². The molecule has 122 valence electrons. The third-order valence-corrected chi connectivity index (χ3v) is 5.51. The molecule has 2 unspecified atom stereocenters. The summed E-state index contributed by atoms with van der Waals surface area (Å²) in [5.74, 6) is 1.87. The summed E-state index contributed by atoms with van der Waals surface area (Å²) in [4.78, 5) is 14.7. The van der Waals surface area contributed by atoms with Crippen molar-refractivity contribution in [3.05, 3.63) is 35.4 Å². The highest BCUT2D eigenvalue weighted by atomic mass is 35.5. The molecular weight excluding hydrogens is 316 g/mol. The Morgan fingerprint density at radius 1 is 1.32 bits per heavy atom. The van der Waals surface area contributed by atoms with Gasteiger partial charge in [0.1, 0.15) is 0 Å². The van der Waals surface area contributed by atoms with Crippen molar-refractivity contribution in [3.63, 3.8) is 0 Å². The molecule has 1 amide bonds. The zero-order valence-electron chi connectivity index (χ0n) is 13.1. The Bertz CT molecular complexity index is 497. The lowest BCUT2D eigenvalue weighted by Crippen LogP contribution is -2.43. The van der Waals surface area contributed by atoms with E-state index in [1.807, 2.05) is 0 Å². The maximum absolute atomic E-state index is 12.5. The normalized spacial score (nSPS) is 23.8. The van der Waals surface area contributed by atoms with Crippen molar-refractivity contribution < 1.29 is 4.79 Å². The molecule has 2 aliphatic heterocycles. The first-order valence-corrected chi connectivity index (χ1v) is 9.04. The topological polar surface area (TPSA) is 32.3 Å². The zero-order chi connectivity index (χ0) is 14.7. The van der Waals surface area contributed by atoms with Crippen LogP contribution in [0.5, 0.6) is 0 Å². The Morgan fingerprint density at radius 2 is 2.14 bits per heavy atom. The van der Waals surface area contributed by atoms with Gasteiger partial charge < -0.3 is 10.2 Å². The molecule has 3 nitrogen and oxygen atoms in total. The van der Waals surface area contributed by atoms with Crippen molar-refractivity contribution in [3.8, 4) is 0 Å². The number of nitrogens with zero attached hydrogens (tertiary/aromatic N) is 1. The van der Waals surface area contributed by atoms with Gasteiger partial charge in [-0.05, 0) is 38.3 Å². The fraction of sp³-hybridized carbons (Fsp3) is 0.588. The summed E-state index contributed by atoms with van der Waals surface area (Å²) in [6, 6.07) is 9.47. The van der Waals surface area contributed by atoms with E-state index in [2.05, 4.69) is 41.4 Å². The van der Waals surface area contributed by atoms with Gasteiger partial charge in [-0.25, -0.2) is 0 Å². The second-order valence-electron chi connectivity index (χ2n) is 6.16. The van der Waals surface area contributed by atoms with E-state index in [0.29, 0.717) is 23.7 Å². The quantitative estimate of drug-likeness (QED) is 0.914. The average Bonchev–Trinajstić information content (AvgIpc) is 2.72. The molecule has 1 N–H and O–H groups in total. The predicted octanol–water partition coefficient (Wildman–Crippen LogP) is 3.00. The lowest BCUT2D eigenvalue weighted by atomic mass is 10.1. The number of carbonyl (C=O) groups excluding carboxylic acids is 1. The smallest absolute Gasteiger partial charge is 0.233 e. The fourth-order valence-electron chi connectivity index (χ4n) is 3.52. The number of nitrogens with one attached hydrogen (secondary N) is 1. The molecule has 2 aliphatic rings. The highest BCUT2D eigenvalue weighted by Gasteiger charge is 2.37. The molecule has 2 fully saturated rings. The second kappa shape index (κ2) is 8.23. The zero-order valence-corrected chi connectivity index (χ0v) is 14.7. The van der Waals surface area contributed by atoms with Gasteiger partial charge in [0.2, 0.25) is 5.91 Å². The third kappa shape index (κ3) is 4.18. The fourth-order valence-corrected chi connectivity index (χ4v) is 4.36. The number of thioether (sulfide) groups is 1. The van der Waals surface area contributed by atoms with Crippen molar-refractivity contribution in [1.29, 1.82) is 0 Å². The highest BCUT2D eigenvalue weighted by Crippen LogP contribution is 2.28. The first-order chi connectivity index (χ1) is 10.2. The van der Waals surface area contributed by atoms with Crippen LogP contribution in [0, 0.1) is 6.92 Å². The van der Waals surface area contributed by atoms with E-state index < -0.39 is 0 Å². The van der Waals surface area contributed by atoms with Crippen molar-refractivity contribution in [2.45, 2.75) is 44.0 Å². The number of aryl methyl sites for hydroxylation is 1. The maximum atomic E-state index is 12.5. The second-order valence-corrected chi connectivity index (χ2v) is 7.15. The largest absolute Gasteiger partial charge is 0.335 e. The van der Waals surface area contributed by atoms with E-state index in [9.17, 15) is 4.79 Å². The SMILES string of the molecule is Cc1cccc(CSCC(=O)N2C3CCNCC2CC3)c1.Cl. The maximum Gasteiger partial charge on any atom is 0.233 e. The van der Waals surface area contributed by atoms with E-state index >= 15 is 0 Å². The van der Waals surface area contributed by atoms with E-state index in [0.717, 1.165) is 25.3 Å². The van der Waals surface area contributed by atoms with Gasteiger partial charge in [-0.1, -0.05) is 29.8 Å². The number of hydrogen-bond acceptors (Lipinski definition) is 3. The standard InChI is InChI=1S/C17H24N2OS.ClH/c1-13-3-2-4-14(9-13)11-21-12-17(20)19-15-5-6-16(19)10-18-8-7-15;/h2-4,9,15-16,18H,5-8,10-12H2,1H3;1H. The molecule has 5 heteroatoms. The number of benzene rings is 1. The summed E-state index contributed by atoms with van der Waals surface area (Å²) in [5.41, 5.74) is 2.60. The van der Waals surface area contributed by atoms with Crippen LogP contribution < -0.4 is 5.32 Å². The molecule has 2 atom stereocenters. The van der Waals surface area contributed by atoms with Gasteiger partial charge >= 0.3 is 0 Å². The summed E-state index contributed by atoms with van der Waals surface area (Å²) >= 11 is 1.74. The Balaban J connectivity index is 0.00000176. The van der Waals surface area contributed by atoms with Crippen LogP contribution in [0.15, 0.2) is 24.3 Å². The Kier molecular flexibility index (Phi) is 6.60. The molecule has 2 heterocycles. The van der Waals surface area contributed by atoms with Gasteiger partial charge in [0.15, 0.2) is 0 Å². The number of carbonyl (C=O) groups is 1. The minimum atomic E-state index is 0. The van der Waals surface area contributed by atoms with Crippen LogP contribution in [0.2, 0.25) is 0 Å². The van der Waals surface area contributed by atoms with Crippen LogP contribution >= 0.6 is 24.2 Å². The third-order valence-electron chi connectivity index (χ3n) is 4.52. The summed E-state index contributed by atoms with van der Waals surface area (Å²) < 4.78 is 0. The van der Waals surface area contributed by atoms with Crippen LogP contribution in [0.25, 0.3) is 0 Å². The van der Waals surface area contributed by atoms with Crippen molar-refractivity contribution in [2.75, 3.05) is 18.8 Å². The summed E-state index contributed by atoms with van der Waals surface area (Å²) in [6.45, 7) is 4.15. The van der Waals surface area contributed by atoms with Gasteiger partial charge in [0, 0.05) is 24.4 Å². The lowest BCUT2D eigenvalue weighted by molar-refractivity contribution is -0.130. The molecule has 22 heavy (non-hydrogen) atoms. The summed E-state index contributed by atoms with van der Waals surface area (Å²) in [6.07, 6.45) is 3.48. The molecule has 3 rings (SSSR count). The van der Waals surface area contributed by atoms with E-state index in [-0.39, 0.29) is 12.4 Å². The van der Waals surface area contributed by atoms with Crippen LogP contribution in [0.3, 0.4) is 0 Å². The number of amides is 1. The molecule has 1 aromatic rings.